The number of carbonyl (C=O) groups is 2. The van der Waals surface area contributed by atoms with Gasteiger partial charge in [-0.2, -0.15) is 5.26 Å². The van der Waals surface area contributed by atoms with Crippen molar-refractivity contribution < 1.29 is 18.7 Å². The van der Waals surface area contributed by atoms with Gasteiger partial charge in [-0.25, -0.2) is 0 Å². The molecule has 6 nitrogen and oxygen atoms in total. The number of carbonyl (C=O) groups excluding carboxylic acids is 2. The Hall–Kier alpha value is -2.81. The topological polar surface area (TPSA) is 92.3 Å². The molecule has 1 atom stereocenters. The van der Waals surface area contributed by atoms with Crippen molar-refractivity contribution in [2.24, 2.45) is 5.92 Å². The molecule has 1 amide bonds. The maximum Gasteiger partial charge on any atom is 0.310 e. The Morgan fingerprint density at radius 2 is 1.96 bits per heavy atom. The molecule has 0 radical (unpaired) electrons. The fraction of sp³-hybridized carbons (Fsp3) is 0.450. The molecule has 26 heavy (non-hydrogen) atoms. The summed E-state index contributed by atoms with van der Waals surface area (Å²) in [7, 11) is 0. The number of hydrogen-bond acceptors (Lipinski definition) is 5. The summed E-state index contributed by atoms with van der Waals surface area (Å²) < 4.78 is 10.5. The summed E-state index contributed by atoms with van der Waals surface area (Å²) in [4.78, 5) is 24.0. The maximum absolute atomic E-state index is 12.1. The summed E-state index contributed by atoms with van der Waals surface area (Å²) in [5.41, 5.74) is 2.66. The second-order valence-electron chi connectivity index (χ2n) is 7.05. The highest BCUT2D eigenvalue weighted by atomic mass is 16.5. The monoisotopic (exact) mass is 356 g/mol. The Morgan fingerprint density at radius 1 is 1.31 bits per heavy atom. The molecule has 1 N–H and O–H groups in total. The van der Waals surface area contributed by atoms with Gasteiger partial charge >= 0.3 is 5.97 Å². The van der Waals surface area contributed by atoms with Crippen LogP contribution in [-0.4, -0.2) is 24.0 Å². The number of nitriles is 1. The standard InChI is InChI=1S/C20H24N2O4/c1-12(2)20(5,11-21)22-18(23)10-26-19(24)8-15-9-25-17-7-14(4)13(3)6-16(15)17/h6-7,9,12H,8,10H2,1-5H3,(H,22,23)/t20-/m1/s1. The second kappa shape index (κ2) is 7.61. The molecule has 2 rings (SSSR count). The molecule has 0 fully saturated rings. The third-order valence-corrected chi connectivity index (χ3v) is 4.76. The lowest BCUT2D eigenvalue weighted by molar-refractivity contribution is -0.148. The van der Waals surface area contributed by atoms with E-state index in [1.165, 1.54) is 6.26 Å². The van der Waals surface area contributed by atoms with Gasteiger partial charge in [-0.3, -0.25) is 9.59 Å². The number of furan rings is 1. The zero-order chi connectivity index (χ0) is 19.5. The van der Waals surface area contributed by atoms with Crippen LogP contribution in [0, 0.1) is 31.1 Å². The highest BCUT2D eigenvalue weighted by Gasteiger charge is 2.30. The van der Waals surface area contributed by atoms with E-state index >= 15 is 0 Å². The van der Waals surface area contributed by atoms with Crippen LogP contribution in [0.5, 0.6) is 0 Å². The molecule has 0 aliphatic heterocycles. The number of nitrogens with one attached hydrogen (secondary N) is 1. The van der Waals surface area contributed by atoms with Crippen LogP contribution < -0.4 is 5.32 Å². The molecule has 0 unspecified atom stereocenters. The predicted octanol–water partition coefficient (Wildman–Crippen LogP) is 3.19. The zero-order valence-electron chi connectivity index (χ0n) is 15.8. The molecular weight excluding hydrogens is 332 g/mol. The van der Waals surface area contributed by atoms with Gasteiger partial charge in [0.15, 0.2) is 6.61 Å². The molecule has 0 aliphatic carbocycles. The van der Waals surface area contributed by atoms with Crippen molar-refractivity contribution >= 4 is 22.8 Å². The van der Waals surface area contributed by atoms with E-state index in [1.807, 2.05) is 39.8 Å². The molecule has 6 heteroatoms. The predicted molar refractivity (Wildman–Crippen MR) is 97.3 cm³/mol. The Balaban J connectivity index is 1.97. The molecule has 0 saturated heterocycles. The van der Waals surface area contributed by atoms with Crippen LogP contribution in [0.3, 0.4) is 0 Å². The lowest BCUT2D eigenvalue weighted by Gasteiger charge is -2.27. The number of hydrogen-bond donors (Lipinski definition) is 1. The van der Waals surface area contributed by atoms with Gasteiger partial charge in [0.05, 0.1) is 18.8 Å². The molecule has 1 heterocycles. The van der Waals surface area contributed by atoms with Crippen molar-refractivity contribution in [3.63, 3.8) is 0 Å². The minimum Gasteiger partial charge on any atom is -0.464 e. The van der Waals surface area contributed by atoms with Crippen LogP contribution in [-0.2, 0) is 20.7 Å². The van der Waals surface area contributed by atoms with Gasteiger partial charge in [-0.1, -0.05) is 13.8 Å². The number of esters is 1. The Labute approximate surface area is 153 Å². The first-order chi connectivity index (χ1) is 12.2. The molecule has 0 aliphatic rings. The van der Waals surface area contributed by atoms with Crippen LogP contribution in [0.4, 0.5) is 0 Å². The van der Waals surface area contributed by atoms with E-state index in [2.05, 4.69) is 11.4 Å². The SMILES string of the molecule is Cc1cc2occ(CC(=O)OCC(=O)N[C@](C)(C#N)C(C)C)c2cc1C. The van der Waals surface area contributed by atoms with E-state index in [1.54, 1.807) is 6.92 Å². The third kappa shape index (κ3) is 4.23. The molecule has 0 saturated carbocycles. The van der Waals surface area contributed by atoms with Crippen molar-refractivity contribution in [1.29, 1.82) is 5.26 Å². The van der Waals surface area contributed by atoms with E-state index in [0.717, 1.165) is 27.7 Å². The van der Waals surface area contributed by atoms with Crippen molar-refractivity contribution in [2.75, 3.05) is 6.61 Å². The largest absolute Gasteiger partial charge is 0.464 e. The van der Waals surface area contributed by atoms with Gasteiger partial charge in [0.1, 0.15) is 11.1 Å². The first-order valence-corrected chi connectivity index (χ1v) is 8.51. The van der Waals surface area contributed by atoms with Crippen molar-refractivity contribution in [3.8, 4) is 6.07 Å². The molecular formula is C20H24N2O4. The molecule has 1 aromatic heterocycles. The number of fused-ring (bicyclic) bond motifs is 1. The van der Waals surface area contributed by atoms with E-state index in [9.17, 15) is 14.9 Å². The molecule has 0 bridgehead atoms. The van der Waals surface area contributed by atoms with Crippen LogP contribution in [0.15, 0.2) is 22.8 Å². The minimum atomic E-state index is -1.00. The molecule has 138 valence electrons. The van der Waals surface area contributed by atoms with Crippen LogP contribution in [0.25, 0.3) is 11.0 Å². The van der Waals surface area contributed by atoms with Gasteiger partial charge in [-0.05, 0) is 49.9 Å². The summed E-state index contributed by atoms with van der Waals surface area (Å²) in [5, 5.41) is 12.7. The second-order valence-corrected chi connectivity index (χ2v) is 7.05. The number of rotatable bonds is 6. The van der Waals surface area contributed by atoms with Crippen LogP contribution >= 0.6 is 0 Å². The maximum atomic E-state index is 12.1. The minimum absolute atomic E-state index is 0.0163. The summed E-state index contributed by atoms with van der Waals surface area (Å²) in [6.45, 7) is 8.88. The summed E-state index contributed by atoms with van der Waals surface area (Å²) >= 11 is 0. The average Bonchev–Trinajstić information content (AvgIpc) is 2.95. The average molecular weight is 356 g/mol. The quantitative estimate of drug-likeness (QED) is 0.803. The van der Waals surface area contributed by atoms with Gasteiger partial charge in [-0.15, -0.1) is 0 Å². The lowest BCUT2D eigenvalue weighted by Crippen LogP contribution is -2.50. The lowest BCUT2D eigenvalue weighted by atomic mass is 9.90. The Bertz CT molecular complexity index is 876. The van der Waals surface area contributed by atoms with Gasteiger partial charge in [0.2, 0.25) is 0 Å². The van der Waals surface area contributed by atoms with Crippen LogP contribution in [0.1, 0.15) is 37.5 Å². The third-order valence-electron chi connectivity index (χ3n) is 4.76. The van der Waals surface area contributed by atoms with Gasteiger partial charge < -0.3 is 14.5 Å². The van der Waals surface area contributed by atoms with Crippen molar-refractivity contribution in [3.05, 3.63) is 35.1 Å². The highest BCUT2D eigenvalue weighted by molar-refractivity contribution is 5.88. The van der Waals surface area contributed by atoms with E-state index in [0.29, 0.717) is 0 Å². The number of aryl methyl sites for hydroxylation is 2. The summed E-state index contributed by atoms with van der Waals surface area (Å²) in [6.07, 6.45) is 1.55. The first kappa shape index (κ1) is 19.5. The number of nitrogens with zero attached hydrogens (tertiary/aromatic N) is 1. The van der Waals surface area contributed by atoms with Gasteiger partial charge in [0.25, 0.3) is 5.91 Å². The first-order valence-electron chi connectivity index (χ1n) is 8.51. The fourth-order valence-electron chi connectivity index (χ4n) is 2.45. The number of ether oxygens (including phenoxy) is 1. The molecule has 0 spiro atoms. The van der Waals surface area contributed by atoms with E-state index in [-0.39, 0.29) is 12.3 Å². The summed E-state index contributed by atoms with van der Waals surface area (Å²) in [5.74, 6) is -1.10. The van der Waals surface area contributed by atoms with Crippen molar-refractivity contribution in [1.82, 2.24) is 5.32 Å². The Morgan fingerprint density at radius 3 is 2.58 bits per heavy atom. The van der Waals surface area contributed by atoms with Crippen molar-refractivity contribution in [2.45, 2.75) is 46.6 Å². The van der Waals surface area contributed by atoms with E-state index < -0.39 is 24.0 Å². The summed E-state index contributed by atoms with van der Waals surface area (Å²) in [6, 6.07) is 5.99. The number of benzene rings is 1. The van der Waals surface area contributed by atoms with Crippen LogP contribution in [0.2, 0.25) is 0 Å². The normalized spacial score (nSPS) is 13.3. The Kier molecular flexibility index (Phi) is 5.71. The fourth-order valence-corrected chi connectivity index (χ4v) is 2.45. The van der Waals surface area contributed by atoms with Gasteiger partial charge in [0, 0.05) is 10.9 Å². The zero-order valence-corrected chi connectivity index (χ0v) is 15.8. The molecule has 2 aromatic rings. The smallest absolute Gasteiger partial charge is 0.310 e. The van der Waals surface area contributed by atoms with E-state index in [4.69, 9.17) is 9.15 Å². The highest BCUT2D eigenvalue weighted by Crippen LogP contribution is 2.25. The number of amides is 1. The molecule has 1 aromatic carbocycles.